The van der Waals surface area contributed by atoms with Crippen molar-refractivity contribution in [2.24, 2.45) is 0 Å². The first-order chi connectivity index (χ1) is 15.6. The van der Waals surface area contributed by atoms with Crippen LogP contribution in [-0.2, 0) is 11.3 Å². The number of aryl methyl sites for hydroxylation is 1. The predicted octanol–water partition coefficient (Wildman–Crippen LogP) is 2.89. The highest BCUT2D eigenvalue weighted by Crippen LogP contribution is 2.23. The molecule has 2 aliphatic heterocycles. The maximum atomic E-state index is 13.2. The third kappa shape index (κ3) is 5.47. The summed E-state index contributed by atoms with van der Waals surface area (Å²) in [5.74, 6) is -0.110. The predicted molar refractivity (Wildman–Crippen MR) is 125 cm³/mol. The number of hydrogen-bond acceptors (Lipinski definition) is 4. The van der Waals surface area contributed by atoms with Gasteiger partial charge in [0.05, 0.1) is 13.2 Å². The fourth-order valence-corrected chi connectivity index (χ4v) is 4.23. The van der Waals surface area contributed by atoms with Gasteiger partial charge in [-0.2, -0.15) is 0 Å². The molecule has 0 unspecified atom stereocenters. The van der Waals surface area contributed by atoms with E-state index in [0.717, 1.165) is 57.1 Å². The van der Waals surface area contributed by atoms with Crippen molar-refractivity contribution in [1.82, 2.24) is 15.1 Å². The second-order valence-electron chi connectivity index (χ2n) is 8.40. The largest absolute Gasteiger partial charge is 0.379 e. The number of nitrogens with zero attached hydrogens (tertiary/aromatic N) is 3. The number of ether oxygens (including phenoxy) is 1. The van der Waals surface area contributed by atoms with E-state index < -0.39 is 0 Å². The van der Waals surface area contributed by atoms with Crippen LogP contribution in [0.15, 0.2) is 48.5 Å². The summed E-state index contributed by atoms with van der Waals surface area (Å²) >= 11 is 0. The Balaban J connectivity index is 1.37. The third-order valence-corrected chi connectivity index (χ3v) is 6.17. The van der Waals surface area contributed by atoms with Crippen LogP contribution >= 0.6 is 0 Å². The van der Waals surface area contributed by atoms with E-state index in [1.807, 2.05) is 35.2 Å². The van der Waals surface area contributed by atoms with Gasteiger partial charge in [0.25, 0.3) is 5.91 Å². The number of hydrogen-bond donors (Lipinski definition) is 1. The number of anilines is 1. The minimum Gasteiger partial charge on any atom is -0.379 e. The number of rotatable bonds is 7. The highest BCUT2D eigenvalue weighted by molar-refractivity contribution is 5.98. The number of morpholine rings is 1. The minimum absolute atomic E-state index is 0.00983. The molecule has 2 heterocycles. The molecule has 0 radical (unpaired) electrons. The zero-order valence-electron chi connectivity index (χ0n) is 18.8. The van der Waals surface area contributed by atoms with E-state index in [9.17, 15) is 9.59 Å². The smallest absolute Gasteiger partial charge is 0.324 e. The molecule has 0 aliphatic carbocycles. The monoisotopic (exact) mass is 436 g/mol. The Morgan fingerprint density at radius 3 is 2.66 bits per heavy atom. The number of nitrogens with one attached hydrogen (secondary N) is 1. The lowest BCUT2D eigenvalue weighted by atomic mass is 10.1. The molecule has 7 nitrogen and oxygen atoms in total. The van der Waals surface area contributed by atoms with Crippen LogP contribution in [0.2, 0.25) is 0 Å². The standard InChI is InChI=1S/C25H32N4O3/c1-20-6-2-3-7-22(20)19-28-11-5-12-29(25(28)31)23-9-4-8-21(18-23)24(30)26-10-13-27-14-16-32-17-15-27/h2-4,6-9,18H,5,10-17,19H2,1H3,(H,26,30). The summed E-state index contributed by atoms with van der Waals surface area (Å²) in [6.45, 7) is 8.79. The molecule has 32 heavy (non-hydrogen) atoms. The summed E-state index contributed by atoms with van der Waals surface area (Å²) in [7, 11) is 0. The highest BCUT2D eigenvalue weighted by atomic mass is 16.5. The maximum absolute atomic E-state index is 13.2. The molecule has 1 N–H and O–H groups in total. The van der Waals surface area contributed by atoms with Crippen LogP contribution in [0.1, 0.15) is 27.9 Å². The lowest BCUT2D eigenvalue weighted by molar-refractivity contribution is 0.0383. The van der Waals surface area contributed by atoms with Crippen LogP contribution in [0.4, 0.5) is 10.5 Å². The van der Waals surface area contributed by atoms with Gasteiger partial charge < -0.3 is 15.0 Å². The van der Waals surface area contributed by atoms with E-state index >= 15 is 0 Å². The summed E-state index contributed by atoms with van der Waals surface area (Å²) in [5, 5.41) is 3.00. The number of benzene rings is 2. The Bertz CT molecular complexity index is 942. The molecule has 0 spiro atoms. The average Bonchev–Trinajstić information content (AvgIpc) is 2.82. The molecule has 2 fully saturated rings. The molecule has 2 aliphatic rings. The first kappa shape index (κ1) is 22.3. The van der Waals surface area contributed by atoms with Crippen LogP contribution in [0.5, 0.6) is 0 Å². The number of carbonyl (C=O) groups is 2. The van der Waals surface area contributed by atoms with Crippen molar-refractivity contribution in [1.29, 1.82) is 0 Å². The Hall–Kier alpha value is -2.90. The van der Waals surface area contributed by atoms with E-state index in [0.29, 0.717) is 25.2 Å². The van der Waals surface area contributed by atoms with E-state index in [-0.39, 0.29) is 11.9 Å². The molecule has 2 aromatic rings. The second-order valence-corrected chi connectivity index (χ2v) is 8.40. The SMILES string of the molecule is Cc1ccccc1CN1CCCN(c2cccc(C(=O)NCCN3CCOCC3)c2)C1=O. The van der Waals surface area contributed by atoms with Crippen molar-refractivity contribution in [2.45, 2.75) is 19.9 Å². The van der Waals surface area contributed by atoms with Crippen molar-refractivity contribution in [3.05, 3.63) is 65.2 Å². The second kappa shape index (κ2) is 10.6. The van der Waals surface area contributed by atoms with Crippen molar-refractivity contribution in [3.63, 3.8) is 0 Å². The van der Waals surface area contributed by atoms with E-state index in [2.05, 4.69) is 29.3 Å². The van der Waals surface area contributed by atoms with Gasteiger partial charge in [-0.25, -0.2) is 4.79 Å². The summed E-state index contributed by atoms with van der Waals surface area (Å²) in [6, 6.07) is 15.5. The lowest BCUT2D eigenvalue weighted by Crippen LogP contribution is -2.49. The molecule has 0 aromatic heterocycles. The van der Waals surface area contributed by atoms with Gasteiger partial charge in [0.15, 0.2) is 0 Å². The van der Waals surface area contributed by atoms with Gasteiger partial charge in [-0.3, -0.25) is 14.6 Å². The van der Waals surface area contributed by atoms with E-state index in [1.165, 1.54) is 5.56 Å². The Labute approximate surface area is 189 Å². The topological polar surface area (TPSA) is 65.1 Å². The summed E-state index contributed by atoms with van der Waals surface area (Å²) < 4.78 is 5.36. The molecular formula is C25H32N4O3. The van der Waals surface area contributed by atoms with Gasteiger partial charge in [0.2, 0.25) is 0 Å². The van der Waals surface area contributed by atoms with Crippen LogP contribution in [0.3, 0.4) is 0 Å². The lowest BCUT2D eigenvalue weighted by Gasteiger charge is -2.36. The Morgan fingerprint density at radius 1 is 1.03 bits per heavy atom. The Kier molecular flexibility index (Phi) is 7.39. The summed E-state index contributed by atoms with van der Waals surface area (Å²) in [4.78, 5) is 31.8. The molecule has 2 saturated heterocycles. The zero-order chi connectivity index (χ0) is 22.3. The fraction of sp³-hybridized carbons (Fsp3) is 0.440. The maximum Gasteiger partial charge on any atom is 0.324 e. The van der Waals surface area contributed by atoms with Crippen molar-refractivity contribution in [2.75, 3.05) is 57.4 Å². The van der Waals surface area contributed by atoms with Gasteiger partial charge in [0, 0.05) is 57.1 Å². The average molecular weight is 437 g/mol. The van der Waals surface area contributed by atoms with E-state index in [1.54, 1.807) is 11.0 Å². The molecular weight excluding hydrogens is 404 g/mol. The number of carbonyl (C=O) groups excluding carboxylic acids is 2. The van der Waals surface area contributed by atoms with Crippen LogP contribution in [0.25, 0.3) is 0 Å². The minimum atomic E-state index is -0.110. The summed E-state index contributed by atoms with van der Waals surface area (Å²) in [5.41, 5.74) is 3.70. The van der Waals surface area contributed by atoms with Gasteiger partial charge >= 0.3 is 6.03 Å². The number of amides is 3. The molecule has 0 atom stereocenters. The molecule has 0 saturated carbocycles. The fourth-order valence-electron chi connectivity index (χ4n) is 4.23. The van der Waals surface area contributed by atoms with Crippen molar-refractivity contribution in [3.8, 4) is 0 Å². The first-order valence-corrected chi connectivity index (χ1v) is 11.4. The molecule has 2 aromatic carbocycles. The highest BCUT2D eigenvalue weighted by Gasteiger charge is 2.27. The third-order valence-electron chi connectivity index (χ3n) is 6.17. The van der Waals surface area contributed by atoms with Crippen LogP contribution in [-0.4, -0.2) is 74.2 Å². The molecule has 0 bridgehead atoms. The quantitative estimate of drug-likeness (QED) is 0.725. The normalized spacial score (nSPS) is 17.5. The zero-order valence-corrected chi connectivity index (χ0v) is 18.8. The van der Waals surface area contributed by atoms with Gasteiger partial charge in [-0.1, -0.05) is 30.3 Å². The molecule has 7 heteroatoms. The van der Waals surface area contributed by atoms with Gasteiger partial charge in [-0.05, 0) is 42.7 Å². The molecule has 170 valence electrons. The molecule has 3 amide bonds. The van der Waals surface area contributed by atoms with Crippen LogP contribution in [0, 0.1) is 6.92 Å². The summed E-state index contributed by atoms with van der Waals surface area (Å²) in [6.07, 6.45) is 0.896. The van der Waals surface area contributed by atoms with Gasteiger partial charge in [-0.15, -0.1) is 0 Å². The molecule has 4 rings (SSSR count). The van der Waals surface area contributed by atoms with Crippen molar-refractivity contribution < 1.29 is 14.3 Å². The first-order valence-electron chi connectivity index (χ1n) is 11.4. The van der Waals surface area contributed by atoms with Crippen LogP contribution < -0.4 is 10.2 Å². The van der Waals surface area contributed by atoms with Gasteiger partial charge in [0.1, 0.15) is 0 Å². The van der Waals surface area contributed by atoms with Crippen molar-refractivity contribution >= 4 is 17.6 Å². The Morgan fingerprint density at radius 2 is 1.84 bits per heavy atom. The number of urea groups is 1. The van der Waals surface area contributed by atoms with E-state index in [4.69, 9.17) is 4.74 Å².